The lowest BCUT2D eigenvalue weighted by Crippen LogP contribution is -2.39. The molecule has 3 rings (SSSR count). The van der Waals surface area contributed by atoms with Crippen molar-refractivity contribution in [3.8, 4) is 5.75 Å². The van der Waals surface area contributed by atoms with Crippen LogP contribution in [0.4, 0.5) is 0 Å². The fraction of sp³-hybridized carbons (Fsp3) is 0.360. The highest BCUT2D eigenvalue weighted by atomic mass is 16.5. The summed E-state index contributed by atoms with van der Waals surface area (Å²) in [6.45, 7) is 7.56. The maximum Gasteiger partial charge on any atom is 0.193 e. The Hall–Kier alpha value is -2.92. The molecule has 2 aliphatic rings. The molecule has 0 amide bonds. The minimum Gasteiger partial charge on any atom is -0.506 e. The molecule has 1 atom stereocenters. The molecule has 2 bridgehead atoms. The third-order valence-electron chi connectivity index (χ3n) is 5.88. The molecule has 0 unspecified atom stereocenters. The zero-order chi connectivity index (χ0) is 22.1. The van der Waals surface area contributed by atoms with E-state index in [1.165, 1.54) is 6.08 Å². The van der Waals surface area contributed by atoms with Gasteiger partial charge in [0.15, 0.2) is 11.6 Å². The number of carbonyl (C=O) groups excluding carboxylic acids is 2. The standard InChI is InChI=1S/C25H28O5/c1-15(2)8-10-25-11-9-16(3)14-30-20-7-5-6-18(13-26)21(20)23(28)22(24(25)29)19(27)12-17(25)4/h5-9,12,26,28H,10-11,13-14H2,1-4H3/b16-9-,23-22+/t25-/m0/s1. The normalized spacial score (nSPS) is 25.9. The van der Waals surface area contributed by atoms with Gasteiger partial charge in [0.25, 0.3) is 0 Å². The first kappa shape index (κ1) is 21.8. The summed E-state index contributed by atoms with van der Waals surface area (Å²) in [6.07, 6.45) is 6.25. The van der Waals surface area contributed by atoms with Crippen LogP contribution in [0.3, 0.4) is 0 Å². The van der Waals surface area contributed by atoms with E-state index in [1.54, 1.807) is 25.1 Å². The Morgan fingerprint density at radius 3 is 2.63 bits per heavy atom. The molecule has 1 aromatic carbocycles. The van der Waals surface area contributed by atoms with Crippen LogP contribution >= 0.6 is 0 Å². The van der Waals surface area contributed by atoms with Gasteiger partial charge in [0.2, 0.25) is 0 Å². The lowest BCUT2D eigenvalue weighted by Gasteiger charge is -2.35. The number of Topliss-reactive ketones (excluding diaryl/α,β-unsaturated/α-hetero) is 1. The lowest BCUT2D eigenvalue weighted by molar-refractivity contribution is -0.126. The van der Waals surface area contributed by atoms with E-state index in [1.807, 2.05) is 32.9 Å². The number of allylic oxidation sites excluding steroid dienone is 6. The van der Waals surface area contributed by atoms with Crippen LogP contribution in [0.5, 0.6) is 5.75 Å². The van der Waals surface area contributed by atoms with Crippen molar-refractivity contribution >= 4 is 17.3 Å². The van der Waals surface area contributed by atoms with E-state index < -0.39 is 22.7 Å². The first-order valence-electron chi connectivity index (χ1n) is 10.1. The molecular formula is C25H28O5. The average Bonchev–Trinajstić information content (AvgIpc) is 2.71. The number of benzene rings is 1. The summed E-state index contributed by atoms with van der Waals surface area (Å²) in [4.78, 5) is 26.7. The van der Waals surface area contributed by atoms with E-state index >= 15 is 0 Å². The van der Waals surface area contributed by atoms with Crippen molar-refractivity contribution in [1.82, 2.24) is 0 Å². The van der Waals surface area contributed by atoms with Gasteiger partial charge in [-0.15, -0.1) is 0 Å². The molecule has 0 saturated heterocycles. The smallest absolute Gasteiger partial charge is 0.193 e. The van der Waals surface area contributed by atoms with Crippen LogP contribution in [-0.2, 0) is 16.2 Å². The molecule has 1 heterocycles. The third-order valence-corrected chi connectivity index (χ3v) is 5.88. The first-order chi connectivity index (χ1) is 14.2. The van der Waals surface area contributed by atoms with E-state index in [4.69, 9.17) is 4.74 Å². The maximum atomic E-state index is 13.8. The quantitative estimate of drug-likeness (QED) is 0.563. The molecule has 5 nitrogen and oxygen atoms in total. The van der Waals surface area contributed by atoms with Crippen LogP contribution in [0.25, 0.3) is 5.76 Å². The Balaban J connectivity index is 2.36. The summed E-state index contributed by atoms with van der Waals surface area (Å²) in [7, 11) is 0. The van der Waals surface area contributed by atoms with Crippen LogP contribution in [0.15, 0.2) is 58.7 Å². The molecule has 1 aliphatic heterocycles. The lowest BCUT2D eigenvalue weighted by atomic mass is 9.65. The Morgan fingerprint density at radius 2 is 1.97 bits per heavy atom. The number of aliphatic hydroxyl groups is 2. The first-order valence-corrected chi connectivity index (χ1v) is 10.1. The molecule has 30 heavy (non-hydrogen) atoms. The summed E-state index contributed by atoms with van der Waals surface area (Å²) in [5.74, 6) is -1.04. The number of rotatable bonds is 3. The van der Waals surface area contributed by atoms with Crippen molar-refractivity contribution in [1.29, 1.82) is 0 Å². The van der Waals surface area contributed by atoms with Crippen LogP contribution in [0.2, 0.25) is 0 Å². The highest BCUT2D eigenvalue weighted by Gasteiger charge is 2.46. The van der Waals surface area contributed by atoms with Crippen molar-refractivity contribution in [2.45, 2.75) is 47.1 Å². The van der Waals surface area contributed by atoms with Gasteiger partial charge < -0.3 is 14.9 Å². The molecule has 158 valence electrons. The van der Waals surface area contributed by atoms with Crippen molar-refractivity contribution in [2.24, 2.45) is 5.41 Å². The van der Waals surface area contributed by atoms with Crippen molar-refractivity contribution < 1.29 is 24.5 Å². The second-order valence-corrected chi connectivity index (χ2v) is 8.30. The minimum atomic E-state index is -0.950. The molecule has 5 heteroatoms. The maximum absolute atomic E-state index is 13.8. The van der Waals surface area contributed by atoms with Gasteiger partial charge >= 0.3 is 0 Å². The van der Waals surface area contributed by atoms with E-state index in [-0.39, 0.29) is 24.4 Å². The monoisotopic (exact) mass is 408 g/mol. The van der Waals surface area contributed by atoms with Gasteiger partial charge in [-0.2, -0.15) is 0 Å². The highest BCUT2D eigenvalue weighted by molar-refractivity contribution is 6.32. The number of aliphatic hydroxyl groups excluding tert-OH is 2. The zero-order valence-electron chi connectivity index (χ0n) is 17.9. The number of ether oxygens (including phenoxy) is 1. The van der Waals surface area contributed by atoms with E-state index in [0.717, 1.165) is 11.1 Å². The summed E-state index contributed by atoms with van der Waals surface area (Å²) >= 11 is 0. The second kappa shape index (κ2) is 8.44. The number of hydrogen-bond acceptors (Lipinski definition) is 5. The zero-order valence-corrected chi connectivity index (χ0v) is 17.9. The summed E-state index contributed by atoms with van der Waals surface area (Å²) in [5.41, 5.74) is 2.08. The molecule has 1 aliphatic carbocycles. The Kier molecular flexibility index (Phi) is 6.13. The van der Waals surface area contributed by atoms with Crippen LogP contribution in [-0.4, -0.2) is 28.4 Å². The molecule has 0 fully saturated rings. The molecule has 0 spiro atoms. The summed E-state index contributed by atoms with van der Waals surface area (Å²) in [6, 6.07) is 5.00. The predicted octanol–water partition coefficient (Wildman–Crippen LogP) is 4.62. The van der Waals surface area contributed by atoms with Crippen LogP contribution < -0.4 is 4.74 Å². The average molecular weight is 408 g/mol. The highest BCUT2D eigenvalue weighted by Crippen LogP contribution is 2.45. The van der Waals surface area contributed by atoms with Gasteiger partial charge in [-0.25, -0.2) is 0 Å². The molecule has 2 N–H and O–H groups in total. The van der Waals surface area contributed by atoms with Crippen LogP contribution in [0.1, 0.15) is 51.7 Å². The molecule has 0 aromatic heterocycles. The molecular weight excluding hydrogens is 380 g/mol. The van der Waals surface area contributed by atoms with Crippen molar-refractivity contribution in [3.05, 3.63) is 69.8 Å². The molecule has 1 aromatic rings. The Labute approximate surface area is 177 Å². The van der Waals surface area contributed by atoms with Crippen LogP contribution in [0, 0.1) is 5.41 Å². The fourth-order valence-electron chi connectivity index (χ4n) is 3.95. The number of hydrogen-bond donors (Lipinski definition) is 2. The Bertz CT molecular complexity index is 1020. The van der Waals surface area contributed by atoms with Gasteiger partial charge in [0.1, 0.15) is 23.7 Å². The van der Waals surface area contributed by atoms with Gasteiger partial charge in [0.05, 0.1) is 17.6 Å². The van der Waals surface area contributed by atoms with E-state index in [0.29, 0.717) is 29.7 Å². The number of fused-ring (bicyclic) bond motifs is 3. The number of ketones is 2. The Morgan fingerprint density at radius 1 is 1.23 bits per heavy atom. The predicted molar refractivity (Wildman–Crippen MR) is 116 cm³/mol. The molecule has 0 saturated carbocycles. The van der Waals surface area contributed by atoms with Gasteiger partial charge in [-0.3, -0.25) is 9.59 Å². The largest absolute Gasteiger partial charge is 0.506 e. The summed E-state index contributed by atoms with van der Waals surface area (Å²) in [5, 5.41) is 21.0. The van der Waals surface area contributed by atoms with Gasteiger partial charge in [-0.1, -0.05) is 35.4 Å². The summed E-state index contributed by atoms with van der Waals surface area (Å²) < 4.78 is 5.90. The van der Waals surface area contributed by atoms with Crippen molar-refractivity contribution in [3.63, 3.8) is 0 Å². The number of carbonyl (C=O) groups is 2. The van der Waals surface area contributed by atoms with Crippen molar-refractivity contribution in [2.75, 3.05) is 6.61 Å². The second-order valence-electron chi connectivity index (χ2n) is 8.30. The van der Waals surface area contributed by atoms with E-state index in [9.17, 15) is 19.8 Å². The SMILES string of the molecule is CC(C)=CC[C@]12C/C=C(/C)COc3cccc(CO)c3/C(O)=C(/C(=O)C=C1C)C2=O. The van der Waals surface area contributed by atoms with Gasteiger partial charge in [-0.05, 0) is 63.8 Å². The topological polar surface area (TPSA) is 83.8 Å². The fourth-order valence-corrected chi connectivity index (χ4v) is 3.95. The van der Waals surface area contributed by atoms with Gasteiger partial charge in [0, 0.05) is 0 Å². The molecule has 0 radical (unpaired) electrons. The third kappa shape index (κ3) is 3.77. The minimum absolute atomic E-state index is 0.190. The van der Waals surface area contributed by atoms with E-state index in [2.05, 4.69) is 0 Å².